The van der Waals surface area contributed by atoms with E-state index in [0.29, 0.717) is 11.3 Å². The predicted octanol–water partition coefficient (Wildman–Crippen LogP) is 1.80. The van der Waals surface area contributed by atoms with E-state index >= 15 is 0 Å². The van der Waals surface area contributed by atoms with Gasteiger partial charge in [-0.1, -0.05) is 24.1 Å². The number of amides is 2. The number of terminal acetylenes is 1. The molecule has 1 heterocycles. The fourth-order valence-electron chi connectivity index (χ4n) is 2.18. The Bertz CT molecular complexity index is 601. The van der Waals surface area contributed by atoms with Crippen molar-refractivity contribution in [3.63, 3.8) is 0 Å². The van der Waals surface area contributed by atoms with Crippen LogP contribution in [0.1, 0.15) is 25.3 Å². The Morgan fingerprint density at radius 1 is 1.45 bits per heavy atom. The number of carboxylic acid groups (broad SMARTS) is 1. The highest BCUT2D eigenvalue weighted by molar-refractivity contribution is 5.98. The van der Waals surface area contributed by atoms with Crippen LogP contribution in [-0.4, -0.2) is 29.2 Å². The number of carbonyl (C=O) groups is 2. The first-order chi connectivity index (χ1) is 9.35. The fourth-order valence-corrected chi connectivity index (χ4v) is 2.18. The first-order valence-electron chi connectivity index (χ1n) is 6.25. The van der Waals surface area contributed by atoms with E-state index in [1.165, 1.54) is 4.90 Å². The normalized spacial score (nSPS) is 17.2. The molecule has 1 unspecified atom stereocenters. The number of nitrogens with zero attached hydrogens (tertiary/aromatic N) is 1. The van der Waals surface area contributed by atoms with E-state index in [-0.39, 0.29) is 12.6 Å². The second-order valence-corrected chi connectivity index (χ2v) is 5.26. The van der Waals surface area contributed by atoms with E-state index in [2.05, 4.69) is 11.2 Å². The van der Waals surface area contributed by atoms with Crippen LogP contribution in [0.2, 0.25) is 0 Å². The molecule has 0 aromatic heterocycles. The number of nitrogens with one attached hydrogen (secondary N) is 1. The Kier molecular flexibility index (Phi) is 3.41. The van der Waals surface area contributed by atoms with Crippen LogP contribution in [0.25, 0.3) is 0 Å². The molecule has 104 valence electrons. The molecule has 1 atom stereocenters. The zero-order valence-electron chi connectivity index (χ0n) is 11.4. The van der Waals surface area contributed by atoms with Crippen LogP contribution in [0.4, 0.5) is 10.5 Å². The van der Waals surface area contributed by atoms with Crippen molar-refractivity contribution in [1.82, 2.24) is 5.32 Å². The van der Waals surface area contributed by atoms with Crippen LogP contribution in [-0.2, 0) is 4.79 Å². The minimum Gasteiger partial charge on any atom is -0.481 e. The van der Waals surface area contributed by atoms with E-state index in [4.69, 9.17) is 6.42 Å². The number of benzene rings is 1. The molecule has 5 heteroatoms. The number of anilines is 1. The summed E-state index contributed by atoms with van der Waals surface area (Å²) in [5.41, 5.74) is 0.478. The minimum atomic E-state index is -0.941. The molecule has 0 aliphatic carbocycles. The summed E-state index contributed by atoms with van der Waals surface area (Å²) in [7, 11) is 0. The van der Waals surface area contributed by atoms with Crippen LogP contribution >= 0.6 is 0 Å². The predicted molar refractivity (Wildman–Crippen MR) is 75.6 cm³/mol. The molecule has 2 rings (SSSR count). The molecule has 2 amide bonds. The Morgan fingerprint density at radius 2 is 2.10 bits per heavy atom. The van der Waals surface area contributed by atoms with Gasteiger partial charge in [-0.15, -0.1) is 6.42 Å². The van der Waals surface area contributed by atoms with E-state index in [1.54, 1.807) is 38.1 Å². The van der Waals surface area contributed by atoms with E-state index in [0.717, 1.165) is 0 Å². The van der Waals surface area contributed by atoms with Crippen molar-refractivity contribution in [3.05, 3.63) is 29.8 Å². The van der Waals surface area contributed by atoms with E-state index in [1.807, 2.05) is 0 Å². The van der Waals surface area contributed by atoms with Crippen molar-refractivity contribution in [2.75, 3.05) is 11.4 Å². The van der Waals surface area contributed by atoms with E-state index in [9.17, 15) is 14.7 Å². The van der Waals surface area contributed by atoms with Gasteiger partial charge in [-0.05, 0) is 25.5 Å². The molecule has 0 radical (unpaired) electrons. The third kappa shape index (κ3) is 2.45. The highest BCUT2D eigenvalue weighted by atomic mass is 16.4. The number of carbonyl (C=O) groups excluding carboxylic acids is 1. The molecule has 0 saturated heterocycles. The fraction of sp³-hybridized carbons (Fsp3) is 0.333. The Hall–Kier alpha value is -2.48. The summed E-state index contributed by atoms with van der Waals surface area (Å²) in [4.78, 5) is 25.0. The highest BCUT2D eigenvalue weighted by Gasteiger charge is 2.37. The van der Waals surface area contributed by atoms with E-state index < -0.39 is 17.4 Å². The van der Waals surface area contributed by atoms with Crippen LogP contribution in [0.3, 0.4) is 0 Å². The van der Waals surface area contributed by atoms with Gasteiger partial charge >= 0.3 is 12.0 Å². The van der Waals surface area contributed by atoms with Gasteiger partial charge in [0, 0.05) is 12.2 Å². The monoisotopic (exact) mass is 272 g/mol. The molecular weight excluding hydrogens is 256 g/mol. The van der Waals surface area contributed by atoms with Crippen molar-refractivity contribution >= 4 is 17.7 Å². The smallest absolute Gasteiger partial charge is 0.323 e. The van der Waals surface area contributed by atoms with Gasteiger partial charge in [0.1, 0.15) is 5.92 Å². The van der Waals surface area contributed by atoms with Crippen LogP contribution in [0.15, 0.2) is 24.3 Å². The quantitative estimate of drug-likeness (QED) is 0.806. The van der Waals surface area contributed by atoms with Gasteiger partial charge in [0.2, 0.25) is 0 Å². The van der Waals surface area contributed by atoms with Gasteiger partial charge in [-0.3, -0.25) is 9.69 Å². The number of rotatable bonds is 2. The maximum Gasteiger partial charge on any atom is 0.323 e. The highest BCUT2D eigenvalue weighted by Crippen LogP contribution is 2.36. The molecule has 2 N–H and O–H groups in total. The molecule has 1 aliphatic rings. The van der Waals surface area contributed by atoms with Crippen LogP contribution < -0.4 is 10.2 Å². The summed E-state index contributed by atoms with van der Waals surface area (Å²) >= 11 is 0. The third-order valence-corrected chi connectivity index (χ3v) is 3.29. The largest absolute Gasteiger partial charge is 0.481 e. The maximum absolute atomic E-state index is 12.3. The van der Waals surface area contributed by atoms with Gasteiger partial charge in [-0.2, -0.15) is 0 Å². The lowest BCUT2D eigenvalue weighted by molar-refractivity contribution is -0.138. The Labute approximate surface area is 117 Å². The topological polar surface area (TPSA) is 69.6 Å². The number of carboxylic acids is 1. The van der Waals surface area contributed by atoms with Gasteiger partial charge in [0.25, 0.3) is 0 Å². The molecule has 0 bridgehead atoms. The van der Waals surface area contributed by atoms with Gasteiger partial charge in [0.15, 0.2) is 0 Å². The van der Waals surface area contributed by atoms with Crippen molar-refractivity contribution < 1.29 is 14.7 Å². The first-order valence-corrected chi connectivity index (χ1v) is 6.25. The molecule has 1 aromatic rings. The van der Waals surface area contributed by atoms with Crippen LogP contribution in [0.5, 0.6) is 0 Å². The summed E-state index contributed by atoms with van der Waals surface area (Å²) in [5.74, 6) is 0.835. The number of urea groups is 1. The van der Waals surface area contributed by atoms with Gasteiger partial charge in [-0.25, -0.2) is 4.79 Å². The molecule has 1 aliphatic heterocycles. The summed E-state index contributed by atoms with van der Waals surface area (Å²) in [6, 6.07) is 6.62. The van der Waals surface area contributed by atoms with Gasteiger partial charge in [0.05, 0.1) is 5.54 Å². The zero-order valence-corrected chi connectivity index (χ0v) is 11.4. The lowest BCUT2D eigenvalue weighted by Crippen LogP contribution is -2.49. The zero-order chi connectivity index (χ0) is 14.9. The first kappa shape index (κ1) is 13.9. The maximum atomic E-state index is 12.3. The summed E-state index contributed by atoms with van der Waals surface area (Å²) in [6.07, 6.45) is 5.35. The molecule has 0 saturated carbocycles. The number of hydrogen-bond acceptors (Lipinski definition) is 2. The van der Waals surface area contributed by atoms with Crippen LogP contribution in [0, 0.1) is 12.3 Å². The SMILES string of the molecule is C#CC(C)(C)NC(=O)N1CC(C(=O)O)c2ccccc21. The van der Waals surface area contributed by atoms with Crippen molar-refractivity contribution in [2.45, 2.75) is 25.3 Å². The third-order valence-electron chi connectivity index (χ3n) is 3.29. The standard InChI is InChI=1S/C15H16N2O3/c1-4-15(2,3)16-14(20)17-9-11(13(18)19)10-7-5-6-8-12(10)17/h1,5-8,11H,9H2,2-3H3,(H,16,20)(H,18,19). The molecule has 1 aromatic carbocycles. The summed E-state index contributed by atoms with van der Waals surface area (Å²) in [5, 5.41) is 12.0. The molecule has 20 heavy (non-hydrogen) atoms. The number of aliphatic carboxylic acids is 1. The average molecular weight is 272 g/mol. The van der Waals surface area contributed by atoms with Crippen molar-refractivity contribution in [3.8, 4) is 12.3 Å². The number of para-hydroxylation sites is 1. The Balaban J connectivity index is 2.30. The van der Waals surface area contributed by atoms with Gasteiger partial charge < -0.3 is 10.4 Å². The lowest BCUT2D eigenvalue weighted by atomic mass is 10.0. The lowest BCUT2D eigenvalue weighted by Gasteiger charge is -2.25. The molecular formula is C15H16N2O3. The minimum absolute atomic E-state index is 0.112. The Morgan fingerprint density at radius 3 is 2.70 bits per heavy atom. The molecule has 5 nitrogen and oxygen atoms in total. The average Bonchev–Trinajstić information content (AvgIpc) is 2.78. The summed E-state index contributed by atoms with van der Waals surface area (Å²) in [6.45, 7) is 3.53. The molecule has 0 spiro atoms. The second-order valence-electron chi connectivity index (χ2n) is 5.26. The molecule has 0 fully saturated rings. The number of hydrogen-bond donors (Lipinski definition) is 2. The number of fused-ring (bicyclic) bond motifs is 1. The second kappa shape index (κ2) is 4.89. The summed E-state index contributed by atoms with van der Waals surface area (Å²) < 4.78 is 0. The van der Waals surface area contributed by atoms with Crippen molar-refractivity contribution in [1.29, 1.82) is 0 Å². The van der Waals surface area contributed by atoms with Crippen molar-refractivity contribution in [2.24, 2.45) is 0 Å².